The highest BCUT2D eigenvalue weighted by Crippen LogP contribution is 2.14. The predicted molar refractivity (Wildman–Crippen MR) is 67.2 cm³/mol. The lowest BCUT2D eigenvalue weighted by Gasteiger charge is -2.17. The number of nitrogens with two attached hydrogens (primary N) is 1. The molecule has 96 valence electrons. The minimum Gasteiger partial charge on any atom is -0.325 e. The highest BCUT2D eigenvalue weighted by molar-refractivity contribution is 7.86. The van der Waals surface area contributed by atoms with Gasteiger partial charge >= 0.3 is 0 Å². The molecule has 0 radical (unpaired) electrons. The maximum absolute atomic E-state index is 11.8. The van der Waals surface area contributed by atoms with Crippen molar-refractivity contribution in [2.24, 2.45) is 5.73 Å². The largest absolute Gasteiger partial charge is 0.325 e. The normalized spacial score (nSPS) is 12.7. The van der Waals surface area contributed by atoms with Crippen LogP contribution in [0.4, 0.5) is 0 Å². The standard InChI is InChI=1S/C12H19NO3S/c1-10-4-6-11(7-5-10)17(14,15)16-9-8-12(2,3)13/h4-7H,8-9,13H2,1-3H3. The lowest BCUT2D eigenvalue weighted by Crippen LogP contribution is -2.33. The van der Waals surface area contributed by atoms with Crippen LogP contribution in [0.25, 0.3) is 0 Å². The molecule has 0 aliphatic rings. The molecular formula is C12H19NO3S. The van der Waals surface area contributed by atoms with Crippen molar-refractivity contribution in [1.29, 1.82) is 0 Å². The Morgan fingerprint density at radius 3 is 2.24 bits per heavy atom. The van der Waals surface area contributed by atoms with Crippen LogP contribution in [-0.2, 0) is 14.3 Å². The van der Waals surface area contributed by atoms with E-state index in [1.165, 1.54) is 12.1 Å². The molecule has 1 rings (SSSR count). The van der Waals surface area contributed by atoms with Crippen LogP contribution < -0.4 is 5.73 Å². The fourth-order valence-electron chi connectivity index (χ4n) is 1.19. The lowest BCUT2D eigenvalue weighted by atomic mass is 10.0. The van der Waals surface area contributed by atoms with Crippen molar-refractivity contribution < 1.29 is 12.6 Å². The molecule has 2 N–H and O–H groups in total. The van der Waals surface area contributed by atoms with Crippen molar-refractivity contribution in [3.05, 3.63) is 29.8 Å². The fourth-order valence-corrected chi connectivity index (χ4v) is 2.10. The van der Waals surface area contributed by atoms with Crippen LogP contribution in [0.3, 0.4) is 0 Å². The Bertz CT molecular complexity index is 458. The summed E-state index contributed by atoms with van der Waals surface area (Å²) in [5, 5.41) is 0. The topological polar surface area (TPSA) is 69.4 Å². The van der Waals surface area contributed by atoms with E-state index in [9.17, 15) is 8.42 Å². The van der Waals surface area contributed by atoms with Crippen LogP contribution in [-0.4, -0.2) is 20.6 Å². The van der Waals surface area contributed by atoms with Gasteiger partial charge in [0.25, 0.3) is 10.1 Å². The van der Waals surface area contributed by atoms with Gasteiger partial charge in [-0.3, -0.25) is 4.18 Å². The Morgan fingerprint density at radius 2 is 1.76 bits per heavy atom. The van der Waals surface area contributed by atoms with Gasteiger partial charge in [-0.05, 0) is 39.3 Å². The van der Waals surface area contributed by atoms with Crippen LogP contribution in [0, 0.1) is 6.92 Å². The minimum atomic E-state index is -3.66. The fraction of sp³-hybridized carbons (Fsp3) is 0.500. The molecular weight excluding hydrogens is 238 g/mol. The van der Waals surface area contributed by atoms with Crippen molar-refractivity contribution in [3.8, 4) is 0 Å². The summed E-state index contributed by atoms with van der Waals surface area (Å²) < 4.78 is 28.5. The molecule has 0 atom stereocenters. The first-order chi connectivity index (χ1) is 7.71. The minimum absolute atomic E-state index is 0.0969. The molecule has 0 amide bonds. The zero-order valence-electron chi connectivity index (χ0n) is 10.4. The molecule has 0 spiro atoms. The Labute approximate surface area is 103 Å². The summed E-state index contributed by atoms with van der Waals surface area (Å²) in [6, 6.07) is 6.56. The second-order valence-electron chi connectivity index (χ2n) is 4.83. The van der Waals surface area contributed by atoms with Gasteiger partial charge < -0.3 is 5.73 Å². The van der Waals surface area contributed by atoms with Gasteiger partial charge in [0.2, 0.25) is 0 Å². The first-order valence-corrected chi connectivity index (χ1v) is 6.86. The number of hydrogen-bond donors (Lipinski definition) is 1. The third kappa shape index (κ3) is 4.85. The molecule has 0 aliphatic heterocycles. The summed E-state index contributed by atoms with van der Waals surface area (Å²) in [4.78, 5) is 0.179. The highest BCUT2D eigenvalue weighted by Gasteiger charge is 2.17. The van der Waals surface area contributed by atoms with Crippen molar-refractivity contribution in [2.45, 2.75) is 37.6 Å². The van der Waals surface area contributed by atoms with E-state index in [2.05, 4.69) is 0 Å². The SMILES string of the molecule is Cc1ccc(S(=O)(=O)OCCC(C)(C)N)cc1. The van der Waals surface area contributed by atoms with Crippen LogP contribution >= 0.6 is 0 Å². The number of benzene rings is 1. The number of rotatable bonds is 5. The van der Waals surface area contributed by atoms with E-state index in [0.29, 0.717) is 6.42 Å². The van der Waals surface area contributed by atoms with Crippen molar-refractivity contribution in [2.75, 3.05) is 6.61 Å². The highest BCUT2D eigenvalue weighted by atomic mass is 32.2. The van der Waals surface area contributed by atoms with Gasteiger partial charge in [-0.25, -0.2) is 0 Å². The quantitative estimate of drug-likeness (QED) is 0.817. The molecule has 0 aromatic heterocycles. The maximum atomic E-state index is 11.8. The Morgan fingerprint density at radius 1 is 1.24 bits per heavy atom. The summed E-state index contributed by atoms with van der Waals surface area (Å²) in [5.74, 6) is 0. The number of aryl methyl sites for hydroxylation is 1. The summed E-state index contributed by atoms with van der Waals surface area (Å²) in [6.07, 6.45) is 0.484. The van der Waals surface area contributed by atoms with Crippen LogP contribution in [0.2, 0.25) is 0 Å². The van der Waals surface area contributed by atoms with E-state index in [4.69, 9.17) is 9.92 Å². The Kier molecular flexibility index (Phi) is 4.30. The van der Waals surface area contributed by atoms with Gasteiger partial charge in [0, 0.05) is 5.54 Å². The summed E-state index contributed by atoms with van der Waals surface area (Å²) in [7, 11) is -3.66. The Hall–Kier alpha value is -0.910. The summed E-state index contributed by atoms with van der Waals surface area (Å²) in [6.45, 7) is 5.65. The molecule has 0 fully saturated rings. The third-order valence-corrected chi connectivity index (χ3v) is 3.62. The average molecular weight is 257 g/mol. The van der Waals surface area contributed by atoms with Gasteiger partial charge in [-0.15, -0.1) is 0 Å². The smallest absolute Gasteiger partial charge is 0.296 e. The van der Waals surface area contributed by atoms with Crippen LogP contribution in [0.1, 0.15) is 25.8 Å². The van der Waals surface area contributed by atoms with E-state index >= 15 is 0 Å². The summed E-state index contributed by atoms with van der Waals surface area (Å²) >= 11 is 0. The van der Waals surface area contributed by atoms with Gasteiger partial charge in [0.15, 0.2) is 0 Å². The van der Waals surface area contributed by atoms with E-state index in [1.54, 1.807) is 12.1 Å². The van der Waals surface area contributed by atoms with Crippen LogP contribution in [0.15, 0.2) is 29.2 Å². The lowest BCUT2D eigenvalue weighted by molar-refractivity contribution is 0.278. The molecule has 5 heteroatoms. The molecule has 4 nitrogen and oxygen atoms in total. The monoisotopic (exact) mass is 257 g/mol. The second kappa shape index (κ2) is 5.16. The van der Waals surface area contributed by atoms with Gasteiger partial charge in [0.05, 0.1) is 11.5 Å². The van der Waals surface area contributed by atoms with E-state index in [1.807, 2.05) is 20.8 Å². The molecule has 1 aromatic carbocycles. The predicted octanol–water partition coefficient (Wildman–Crippen LogP) is 1.83. The molecule has 0 aliphatic carbocycles. The van der Waals surface area contributed by atoms with Crippen LogP contribution in [0.5, 0.6) is 0 Å². The molecule has 0 saturated heterocycles. The zero-order chi connectivity index (χ0) is 13.1. The van der Waals surface area contributed by atoms with E-state index in [-0.39, 0.29) is 11.5 Å². The van der Waals surface area contributed by atoms with Crippen molar-refractivity contribution in [3.63, 3.8) is 0 Å². The average Bonchev–Trinajstić information content (AvgIpc) is 2.15. The molecule has 0 bridgehead atoms. The zero-order valence-corrected chi connectivity index (χ0v) is 11.3. The molecule has 17 heavy (non-hydrogen) atoms. The Balaban J connectivity index is 2.66. The maximum Gasteiger partial charge on any atom is 0.296 e. The van der Waals surface area contributed by atoms with E-state index < -0.39 is 15.7 Å². The third-order valence-electron chi connectivity index (χ3n) is 2.29. The molecule has 0 unspecified atom stereocenters. The molecule has 0 heterocycles. The first kappa shape index (κ1) is 14.2. The second-order valence-corrected chi connectivity index (χ2v) is 6.44. The molecule has 0 saturated carbocycles. The van der Waals surface area contributed by atoms with E-state index in [0.717, 1.165) is 5.56 Å². The van der Waals surface area contributed by atoms with Crippen molar-refractivity contribution >= 4 is 10.1 Å². The van der Waals surface area contributed by atoms with Crippen molar-refractivity contribution in [1.82, 2.24) is 0 Å². The van der Waals surface area contributed by atoms with Gasteiger partial charge in [0.1, 0.15) is 0 Å². The first-order valence-electron chi connectivity index (χ1n) is 5.46. The summed E-state index contributed by atoms with van der Waals surface area (Å²) in [5.41, 5.74) is 6.33. The van der Waals surface area contributed by atoms with Gasteiger partial charge in [-0.2, -0.15) is 8.42 Å². The van der Waals surface area contributed by atoms with Gasteiger partial charge in [-0.1, -0.05) is 17.7 Å². The number of hydrogen-bond acceptors (Lipinski definition) is 4. The molecule has 1 aromatic rings.